The molecule has 1 N–H and O–H groups in total. The number of para-hydroxylation sites is 1. The zero-order chi connectivity index (χ0) is 30.5. The van der Waals surface area contributed by atoms with E-state index in [4.69, 9.17) is 14.2 Å². The summed E-state index contributed by atoms with van der Waals surface area (Å²) >= 11 is 0. The van der Waals surface area contributed by atoms with Crippen molar-refractivity contribution in [3.8, 4) is 22.6 Å². The lowest BCUT2D eigenvalue weighted by Crippen LogP contribution is -2.30. The number of carbonyl (C=O) groups is 2. The van der Waals surface area contributed by atoms with Crippen LogP contribution in [0.15, 0.2) is 30.3 Å². The highest BCUT2D eigenvalue weighted by atomic mass is 19.1. The molecule has 3 aromatic carbocycles. The molecule has 3 aromatic rings. The first-order valence-corrected chi connectivity index (χ1v) is 14.0. The second-order valence-electron chi connectivity index (χ2n) is 11.7. The maximum Gasteiger partial charge on any atom is 0.337 e. The average molecular weight is 580 g/mol. The molecule has 0 bridgehead atoms. The van der Waals surface area contributed by atoms with Crippen LogP contribution in [0.2, 0.25) is 0 Å². The minimum atomic E-state index is -1.35. The van der Waals surface area contributed by atoms with Crippen LogP contribution in [0.3, 0.4) is 0 Å². The summed E-state index contributed by atoms with van der Waals surface area (Å²) in [6.45, 7) is 9.67. The number of amides is 1. The first-order valence-electron chi connectivity index (χ1n) is 14.0. The van der Waals surface area contributed by atoms with Crippen molar-refractivity contribution < 1.29 is 37.7 Å². The van der Waals surface area contributed by atoms with E-state index in [-0.39, 0.29) is 23.6 Å². The molecule has 2 heterocycles. The predicted molar refractivity (Wildman–Crippen MR) is 155 cm³/mol. The van der Waals surface area contributed by atoms with E-state index >= 15 is 4.39 Å². The summed E-state index contributed by atoms with van der Waals surface area (Å²) in [5.41, 5.74) is 4.10. The minimum absolute atomic E-state index is 0.0706. The average Bonchev–Trinajstić information content (AvgIpc) is 3.35. The van der Waals surface area contributed by atoms with E-state index in [0.717, 1.165) is 17.5 Å². The van der Waals surface area contributed by atoms with Gasteiger partial charge in [-0.1, -0.05) is 6.07 Å². The van der Waals surface area contributed by atoms with Crippen LogP contribution in [0.5, 0.6) is 11.5 Å². The fourth-order valence-electron chi connectivity index (χ4n) is 6.09. The second kappa shape index (κ2) is 11.0. The molecule has 42 heavy (non-hydrogen) atoms. The topological polar surface area (TPSA) is 85.3 Å². The van der Waals surface area contributed by atoms with Gasteiger partial charge in [-0.15, -0.1) is 0 Å². The van der Waals surface area contributed by atoms with Gasteiger partial charge in [-0.2, -0.15) is 0 Å². The molecule has 2 aliphatic rings. The number of hydrogen-bond donors (Lipinski definition) is 1. The first-order chi connectivity index (χ1) is 19.8. The zero-order valence-electron chi connectivity index (χ0n) is 24.7. The van der Waals surface area contributed by atoms with Crippen molar-refractivity contribution in [2.24, 2.45) is 0 Å². The number of carboxylic acids is 1. The molecule has 0 fully saturated rings. The largest absolute Gasteiger partial charge is 0.493 e. The van der Waals surface area contributed by atoms with E-state index in [1.54, 1.807) is 38.7 Å². The smallest absolute Gasteiger partial charge is 0.337 e. The summed E-state index contributed by atoms with van der Waals surface area (Å²) in [5, 5.41) is 10.4. The van der Waals surface area contributed by atoms with Crippen molar-refractivity contribution in [2.75, 3.05) is 25.2 Å². The lowest BCUT2D eigenvalue weighted by molar-refractivity contribution is -0.160. The number of aliphatic carboxylic acids is 1. The van der Waals surface area contributed by atoms with Crippen LogP contribution >= 0.6 is 0 Å². The quantitative estimate of drug-likeness (QED) is 0.349. The van der Waals surface area contributed by atoms with Crippen molar-refractivity contribution >= 4 is 17.6 Å². The van der Waals surface area contributed by atoms with Gasteiger partial charge in [0, 0.05) is 23.4 Å². The Morgan fingerprint density at radius 2 is 1.81 bits per heavy atom. The molecule has 7 nitrogen and oxygen atoms in total. The van der Waals surface area contributed by atoms with Crippen LogP contribution in [0.4, 0.5) is 14.5 Å². The lowest BCUT2D eigenvalue weighted by atomic mass is 9.83. The first kappa shape index (κ1) is 29.5. The van der Waals surface area contributed by atoms with E-state index in [1.165, 1.54) is 31.4 Å². The Balaban J connectivity index is 1.78. The van der Waals surface area contributed by atoms with E-state index < -0.39 is 35.2 Å². The third kappa shape index (κ3) is 5.11. The summed E-state index contributed by atoms with van der Waals surface area (Å²) in [4.78, 5) is 28.1. The molecule has 0 aromatic heterocycles. The van der Waals surface area contributed by atoms with Gasteiger partial charge in [-0.05, 0) is 106 Å². The van der Waals surface area contributed by atoms with Crippen LogP contribution < -0.4 is 14.4 Å². The summed E-state index contributed by atoms with van der Waals surface area (Å²) in [6.07, 6.45) is 0.379. The number of ether oxygens (including phenoxy) is 3. The number of hydrogen-bond acceptors (Lipinski definition) is 5. The molecule has 1 amide bonds. The molecule has 0 spiro atoms. The van der Waals surface area contributed by atoms with Gasteiger partial charge in [0.2, 0.25) is 0 Å². The summed E-state index contributed by atoms with van der Waals surface area (Å²) in [7, 11) is 1.31. The molecule has 0 saturated carbocycles. The minimum Gasteiger partial charge on any atom is -0.493 e. The van der Waals surface area contributed by atoms with E-state index in [9.17, 15) is 19.1 Å². The zero-order valence-corrected chi connectivity index (χ0v) is 24.7. The van der Waals surface area contributed by atoms with Gasteiger partial charge in [-0.3, -0.25) is 4.79 Å². The Bertz CT molecular complexity index is 1590. The van der Waals surface area contributed by atoms with Gasteiger partial charge in [0.05, 0.1) is 24.9 Å². The number of nitrogens with zero attached hydrogens (tertiary/aromatic N) is 1. The van der Waals surface area contributed by atoms with Crippen molar-refractivity contribution in [1.29, 1.82) is 0 Å². The summed E-state index contributed by atoms with van der Waals surface area (Å²) in [6, 6.07) is 7.34. The fraction of sp³-hybridized carbons (Fsp3) is 0.394. The number of anilines is 1. The number of carbonyl (C=O) groups excluding carboxylic acids is 1. The number of carboxylic acid groups (broad SMARTS) is 1. The molecular weight excluding hydrogens is 544 g/mol. The predicted octanol–water partition coefficient (Wildman–Crippen LogP) is 6.73. The Morgan fingerprint density at radius 3 is 2.48 bits per heavy atom. The molecule has 0 radical (unpaired) electrons. The van der Waals surface area contributed by atoms with Gasteiger partial charge in [-0.25, -0.2) is 13.6 Å². The Morgan fingerprint density at radius 1 is 1.07 bits per heavy atom. The number of benzene rings is 3. The number of methoxy groups -OCH3 is 1. The SMILES string of the molecule is COc1c(F)cccc1C(=O)N1CCc2c1cc(C)c([C@H](OC(C)(C)C)C(=O)O)c2-c1cc(F)c2c(c1C)CCCO2. The molecule has 2 aliphatic heterocycles. The summed E-state index contributed by atoms with van der Waals surface area (Å²) in [5.74, 6) is -2.73. The van der Waals surface area contributed by atoms with Crippen molar-refractivity contribution in [1.82, 2.24) is 0 Å². The maximum atomic E-state index is 15.6. The van der Waals surface area contributed by atoms with Crippen molar-refractivity contribution in [3.63, 3.8) is 0 Å². The van der Waals surface area contributed by atoms with Gasteiger partial charge >= 0.3 is 5.97 Å². The van der Waals surface area contributed by atoms with E-state index in [1.807, 2.05) is 6.92 Å². The molecule has 0 aliphatic carbocycles. The van der Waals surface area contributed by atoms with E-state index in [0.29, 0.717) is 53.0 Å². The third-order valence-corrected chi connectivity index (χ3v) is 7.84. The molecule has 9 heteroatoms. The molecule has 5 rings (SSSR count). The van der Waals surface area contributed by atoms with Gasteiger partial charge in [0.1, 0.15) is 0 Å². The highest BCUT2D eigenvalue weighted by molar-refractivity contribution is 6.10. The van der Waals surface area contributed by atoms with Gasteiger partial charge in [0.15, 0.2) is 29.2 Å². The van der Waals surface area contributed by atoms with Gasteiger partial charge in [0.25, 0.3) is 5.91 Å². The highest BCUT2D eigenvalue weighted by Gasteiger charge is 2.38. The number of halogens is 2. The Kier molecular flexibility index (Phi) is 7.74. The van der Waals surface area contributed by atoms with Crippen molar-refractivity contribution in [3.05, 3.63) is 75.3 Å². The Hall–Kier alpha value is -3.98. The molecular formula is C33H35F2NO6. The number of fused-ring (bicyclic) bond motifs is 2. The number of aryl methyl sites for hydroxylation is 1. The third-order valence-electron chi connectivity index (χ3n) is 7.84. The second-order valence-corrected chi connectivity index (χ2v) is 11.7. The van der Waals surface area contributed by atoms with Crippen LogP contribution in [-0.2, 0) is 22.4 Å². The van der Waals surface area contributed by atoms with Crippen LogP contribution in [-0.4, -0.2) is 42.8 Å². The normalized spacial score (nSPS) is 15.1. The highest BCUT2D eigenvalue weighted by Crippen LogP contribution is 2.48. The molecule has 1 atom stereocenters. The van der Waals surface area contributed by atoms with Crippen LogP contribution in [0.1, 0.15) is 71.5 Å². The number of rotatable bonds is 6. The monoisotopic (exact) mass is 579 g/mol. The molecule has 0 saturated heterocycles. The molecule has 0 unspecified atom stereocenters. The van der Waals surface area contributed by atoms with Crippen LogP contribution in [0, 0.1) is 25.5 Å². The van der Waals surface area contributed by atoms with Gasteiger partial charge < -0.3 is 24.2 Å². The summed E-state index contributed by atoms with van der Waals surface area (Å²) < 4.78 is 47.1. The van der Waals surface area contributed by atoms with Crippen molar-refractivity contribution in [2.45, 2.75) is 65.6 Å². The van der Waals surface area contributed by atoms with Crippen LogP contribution in [0.25, 0.3) is 11.1 Å². The maximum absolute atomic E-state index is 15.6. The fourth-order valence-corrected chi connectivity index (χ4v) is 6.09. The Labute approximate surface area is 244 Å². The molecule has 222 valence electrons. The lowest BCUT2D eigenvalue weighted by Gasteiger charge is -2.30. The van der Waals surface area contributed by atoms with E-state index in [2.05, 4.69) is 0 Å². The standard InChI is InChI=1S/C33H35F2NO6/c1-17-15-25-20(12-13-36(25)31(37)21-9-7-11-23(34)28(21)40-6)27(26(17)30(32(38)39)42-33(3,4)5)22-16-24(35)29-19(18(22)2)10-8-14-41-29/h7,9,11,15-16,30H,8,10,12-14H2,1-6H3,(H,38,39)/t30-/m0/s1.